The van der Waals surface area contributed by atoms with E-state index in [1.54, 1.807) is 12.1 Å². The molecule has 1 aromatic rings. The molecule has 0 radical (unpaired) electrons. The zero-order valence-corrected chi connectivity index (χ0v) is 14.5. The molecule has 4 bridgehead atoms. The number of halogens is 1. The average molecular weight is 332 g/mol. The van der Waals surface area contributed by atoms with Crippen LogP contribution in [0.5, 0.6) is 0 Å². The van der Waals surface area contributed by atoms with Crippen molar-refractivity contribution in [2.45, 2.75) is 51.5 Å². The van der Waals surface area contributed by atoms with Gasteiger partial charge < -0.3 is 10.6 Å². The Morgan fingerprint density at radius 2 is 1.61 bits per heavy atom. The van der Waals surface area contributed by atoms with Crippen molar-refractivity contribution >= 4 is 23.0 Å². The largest absolute Gasteiger partial charge is 0.359 e. The minimum atomic E-state index is -0.226. The van der Waals surface area contributed by atoms with E-state index in [9.17, 15) is 4.39 Å². The van der Waals surface area contributed by atoms with Crippen LogP contribution in [0.3, 0.4) is 0 Å². The van der Waals surface area contributed by atoms with Gasteiger partial charge in [0.15, 0.2) is 5.11 Å². The van der Waals surface area contributed by atoms with Gasteiger partial charge in [0, 0.05) is 11.7 Å². The molecule has 0 saturated heterocycles. The summed E-state index contributed by atoms with van der Waals surface area (Å²) in [6.45, 7) is 2.30. The molecule has 4 aliphatic carbocycles. The minimum Gasteiger partial charge on any atom is -0.359 e. The number of nitrogens with one attached hydrogen (secondary N) is 2. The molecule has 0 amide bonds. The number of thiocarbonyl (C=S) groups is 1. The van der Waals surface area contributed by atoms with Gasteiger partial charge in [0.1, 0.15) is 5.82 Å². The van der Waals surface area contributed by atoms with Crippen LogP contribution in [0.1, 0.15) is 45.4 Å². The van der Waals surface area contributed by atoms with Gasteiger partial charge in [-0.3, -0.25) is 0 Å². The zero-order chi connectivity index (χ0) is 16.0. The Morgan fingerprint density at radius 3 is 2.13 bits per heavy atom. The fourth-order valence-electron chi connectivity index (χ4n) is 5.76. The fraction of sp³-hybridized carbons (Fsp3) is 0.632. The summed E-state index contributed by atoms with van der Waals surface area (Å²) in [7, 11) is 0. The Labute approximate surface area is 143 Å². The number of benzene rings is 1. The predicted octanol–water partition coefficient (Wildman–Crippen LogP) is 4.72. The zero-order valence-electron chi connectivity index (χ0n) is 13.6. The van der Waals surface area contributed by atoms with E-state index in [-0.39, 0.29) is 5.82 Å². The van der Waals surface area contributed by atoms with E-state index in [2.05, 4.69) is 17.6 Å². The lowest BCUT2D eigenvalue weighted by atomic mass is 9.48. The Bertz CT molecular complexity index is 563. The van der Waals surface area contributed by atoms with E-state index >= 15 is 0 Å². The maximum Gasteiger partial charge on any atom is 0.171 e. The highest BCUT2D eigenvalue weighted by Gasteiger charge is 2.53. The van der Waals surface area contributed by atoms with Crippen LogP contribution in [0.25, 0.3) is 0 Å². The normalized spacial score (nSPS) is 35.8. The highest BCUT2D eigenvalue weighted by Crippen LogP contribution is 2.61. The summed E-state index contributed by atoms with van der Waals surface area (Å²) in [4.78, 5) is 0. The first-order chi connectivity index (χ1) is 11.0. The molecular weight excluding hydrogens is 307 g/mol. The quantitative estimate of drug-likeness (QED) is 0.783. The molecule has 4 fully saturated rings. The van der Waals surface area contributed by atoms with Crippen LogP contribution in [0.4, 0.5) is 10.1 Å². The molecule has 0 spiro atoms. The van der Waals surface area contributed by atoms with Crippen LogP contribution in [-0.4, -0.2) is 11.2 Å². The third-order valence-electron chi connectivity index (χ3n) is 6.45. The van der Waals surface area contributed by atoms with Gasteiger partial charge in [-0.1, -0.05) is 0 Å². The van der Waals surface area contributed by atoms with Gasteiger partial charge in [-0.05, 0) is 105 Å². The summed E-state index contributed by atoms with van der Waals surface area (Å²) in [6.07, 6.45) is 8.49. The molecule has 23 heavy (non-hydrogen) atoms. The second-order valence-electron chi connectivity index (χ2n) is 8.11. The highest BCUT2D eigenvalue weighted by atomic mass is 32.1. The van der Waals surface area contributed by atoms with Crippen LogP contribution < -0.4 is 10.6 Å². The van der Waals surface area contributed by atoms with Gasteiger partial charge >= 0.3 is 0 Å². The van der Waals surface area contributed by atoms with E-state index in [0.717, 1.165) is 23.4 Å². The van der Waals surface area contributed by atoms with Crippen molar-refractivity contribution in [3.63, 3.8) is 0 Å². The predicted molar refractivity (Wildman–Crippen MR) is 95.8 cm³/mol. The van der Waals surface area contributed by atoms with E-state index in [0.29, 0.717) is 16.6 Å². The molecule has 4 saturated carbocycles. The maximum atomic E-state index is 13.0. The summed E-state index contributed by atoms with van der Waals surface area (Å²) in [5, 5.41) is 7.36. The topological polar surface area (TPSA) is 24.1 Å². The molecule has 4 heteroatoms. The van der Waals surface area contributed by atoms with Crippen LogP contribution >= 0.6 is 12.2 Å². The maximum absolute atomic E-state index is 13.0. The van der Waals surface area contributed by atoms with Crippen molar-refractivity contribution in [2.24, 2.45) is 23.2 Å². The van der Waals surface area contributed by atoms with E-state index < -0.39 is 0 Å². The van der Waals surface area contributed by atoms with Gasteiger partial charge in [-0.15, -0.1) is 0 Å². The first-order valence-corrected chi connectivity index (χ1v) is 9.26. The van der Waals surface area contributed by atoms with Crippen LogP contribution in [0.2, 0.25) is 0 Å². The smallest absolute Gasteiger partial charge is 0.171 e. The Morgan fingerprint density at radius 1 is 1.09 bits per heavy atom. The van der Waals surface area contributed by atoms with Crippen molar-refractivity contribution < 1.29 is 4.39 Å². The molecule has 2 N–H and O–H groups in total. The molecule has 0 aromatic heterocycles. The average Bonchev–Trinajstić information content (AvgIpc) is 2.48. The molecule has 1 atom stereocenters. The molecule has 5 rings (SSSR count). The van der Waals surface area contributed by atoms with Gasteiger partial charge in [0.2, 0.25) is 0 Å². The van der Waals surface area contributed by atoms with Gasteiger partial charge in [0.05, 0.1) is 0 Å². The second-order valence-corrected chi connectivity index (χ2v) is 8.52. The Balaban J connectivity index is 1.40. The highest BCUT2D eigenvalue weighted by molar-refractivity contribution is 7.80. The monoisotopic (exact) mass is 332 g/mol. The summed E-state index contributed by atoms with van der Waals surface area (Å²) in [5.41, 5.74) is 1.27. The standard InChI is InChI=1S/C19H25FN2S/c1-12(21-18(23)22-17-4-2-16(20)3-5-17)19-9-13-6-14(10-19)8-15(7-13)11-19/h2-5,12-15H,6-11H2,1H3,(H2,21,22,23)/t12-,13?,14?,15?,19?/m1/s1. The van der Waals surface area contributed by atoms with Crippen molar-refractivity contribution in [3.8, 4) is 0 Å². The first kappa shape index (κ1) is 15.4. The first-order valence-electron chi connectivity index (χ1n) is 8.85. The molecule has 0 heterocycles. The Kier molecular flexibility index (Phi) is 3.83. The van der Waals surface area contributed by atoms with Crippen molar-refractivity contribution in [1.29, 1.82) is 0 Å². The van der Waals surface area contributed by atoms with E-state index in [1.807, 2.05) is 0 Å². The van der Waals surface area contributed by atoms with E-state index in [4.69, 9.17) is 12.2 Å². The van der Waals surface area contributed by atoms with E-state index in [1.165, 1.54) is 50.7 Å². The molecular formula is C19H25FN2S. The molecule has 2 nitrogen and oxygen atoms in total. The van der Waals surface area contributed by atoms with Crippen molar-refractivity contribution in [1.82, 2.24) is 5.32 Å². The molecule has 0 unspecified atom stereocenters. The van der Waals surface area contributed by atoms with Crippen LogP contribution in [0, 0.1) is 29.0 Å². The van der Waals surface area contributed by atoms with Gasteiger partial charge in [0.25, 0.3) is 0 Å². The van der Waals surface area contributed by atoms with Crippen molar-refractivity contribution in [3.05, 3.63) is 30.1 Å². The number of hydrogen-bond acceptors (Lipinski definition) is 1. The van der Waals surface area contributed by atoms with Crippen molar-refractivity contribution in [2.75, 3.05) is 5.32 Å². The van der Waals surface area contributed by atoms with Gasteiger partial charge in [-0.25, -0.2) is 4.39 Å². The summed E-state index contributed by atoms with van der Waals surface area (Å²) in [5.74, 6) is 2.62. The summed E-state index contributed by atoms with van der Waals surface area (Å²) in [6, 6.07) is 6.74. The third kappa shape index (κ3) is 2.98. The summed E-state index contributed by atoms with van der Waals surface area (Å²) < 4.78 is 13.0. The molecule has 124 valence electrons. The Hall–Kier alpha value is -1.16. The fourth-order valence-corrected chi connectivity index (χ4v) is 6.05. The number of anilines is 1. The third-order valence-corrected chi connectivity index (χ3v) is 6.67. The number of hydrogen-bond donors (Lipinski definition) is 2. The lowest BCUT2D eigenvalue weighted by Crippen LogP contribution is -2.56. The summed E-state index contributed by atoms with van der Waals surface area (Å²) >= 11 is 5.48. The van der Waals surface area contributed by atoms with Gasteiger partial charge in [-0.2, -0.15) is 0 Å². The SMILES string of the molecule is C[C@@H](NC(=S)Nc1ccc(F)cc1)C12CC3CC(CC(C3)C1)C2. The molecule has 4 aliphatic rings. The lowest BCUT2D eigenvalue weighted by molar-refractivity contribution is -0.0671. The molecule has 0 aliphatic heterocycles. The molecule has 1 aromatic carbocycles. The van der Waals surface area contributed by atoms with Crippen LogP contribution in [-0.2, 0) is 0 Å². The minimum absolute atomic E-state index is 0.226. The lowest BCUT2D eigenvalue weighted by Gasteiger charge is -2.59. The van der Waals surface area contributed by atoms with Crippen LogP contribution in [0.15, 0.2) is 24.3 Å². The second kappa shape index (κ2) is 5.73. The number of rotatable bonds is 3.